The van der Waals surface area contributed by atoms with E-state index in [9.17, 15) is 0 Å². The number of furan rings is 1. The molecule has 5 heteroatoms. The Morgan fingerprint density at radius 1 is 1.19 bits per heavy atom. The van der Waals surface area contributed by atoms with Gasteiger partial charge < -0.3 is 19.5 Å². The summed E-state index contributed by atoms with van der Waals surface area (Å²) < 4.78 is 5.54. The smallest absolute Gasteiger partial charge is 0.173 e. The predicted octanol–water partition coefficient (Wildman–Crippen LogP) is 4.66. The predicted molar refractivity (Wildman–Crippen MR) is 111 cm³/mol. The van der Waals surface area contributed by atoms with E-state index in [-0.39, 0.29) is 0 Å². The molecule has 1 saturated heterocycles. The van der Waals surface area contributed by atoms with Gasteiger partial charge in [-0.25, -0.2) is 0 Å². The van der Waals surface area contributed by atoms with Gasteiger partial charge in [-0.1, -0.05) is 18.6 Å². The second kappa shape index (κ2) is 9.74. The van der Waals surface area contributed by atoms with Gasteiger partial charge in [-0.2, -0.15) is 0 Å². The summed E-state index contributed by atoms with van der Waals surface area (Å²) in [5.74, 6) is 0.941. The van der Waals surface area contributed by atoms with Gasteiger partial charge in [-0.05, 0) is 87.9 Å². The fraction of sp³-hybridized carbons (Fsp3) is 0.476. The number of benzene rings is 1. The molecule has 0 atom stereocenters. The number of thiocarbonyl (C=S) groups is 1. The summed E-state index contributed by atoms with van der Waals surface area (Å²) in [6.45, 7) is 7.34. The van der Waals surface area contributed by atoms with E-state index in [1.165, 1.54) is 37.9 Å². The molecule has 1 aliphatic heterocycles. The number of anilines is 1. The van der Waals surface area contributed by atoms with Crippen molar-refractivity contribution in [2.24, 2.45) is 0 Å². The molecule has 0 spiro atoms. The molecule has 2 aromatic rings. The molecule has 140 valence electrons. The van der Waals surface area contributed by atoms with E-state index >= 15 is 0 Å². The lowest BCUT2D eigenvalue weighted by Crippen LogP contribution is -2.37. The highest BCUT2D eigenvalue weighted by Gasteiger charge is 2.14. The molecule has 3 rings (SSSR count). The Morgan fingerprint density at radius 2 is 2.04 bits per heavy atom. The van der Waals surface area contributed by atoms with E-state index in [1.54, 1.807) is 6.26 Å². The van der Waals surface area contributed by atoms with E-state index in [0.29, 0.717) is 6.54 Å². The van der Waals surface area contributed by atoms with Gasteiger partial charge in [0.2, 0.25) is 0 Å². The van der Waals surface area contributed by atoms with Crippen LogP contribution in [0.5, 0.6) is 0 Å². The summed E-state index contributed by atoms with van der Waals surface area (Å²) in [5.41, 5.74) is 2.26. The molecule has 0 amide bonds. The van der Waals surface area contributed by atoms with E-state index in [4.69, 9.17) is 16.6 Å². The average Bonchev–Trinajstić information content (AvgIpc) is 3.15. The van der Waals surface area contributed by atoms with Crippen LogP contribution in [0.25, 0.3) is 0 Å². The highest BCUT2D eigenvalue weighted by molar-refractivity contribution is 7.80. The lowest BCUT2D eigenvalue weighted by Gasteiger charge is -2.29. The van der Waals surface area contributed by atoms with Crippen LogP contribution in [0.4, 0.5) is 5.69 Å². The zero-order chi connectivity index (χ0) is 18.2. The maximum absolute atomic E-state index is 5.70. The molecule has 1 aromatic carbocycles. The average molecular weight is 372 g/mol. The first kappa shape index (κ1) is 18.9. The molecule has 1 aliphatic rings. The molecule has 1 fully saturated rings. The topological polar surface area (TPSA) is 31.6 Å². The van der Waals surface area contributed by atoms with Crippen LogP contribution < -0.4 is 5.32 Å². The quantitative estimate of drug-likeness (QED) is 0.715. The lowest BCUT2D eigenvalue weighted by molar-refractivity contribution is 0.217. The Morgan fingerprint density at radius 3 is 2.77 bits per heavy atom. The number of nitrogens with one attached hydrogen (secondary N) is 1. The minimum absolute atomic E-state index is 0.699. The molecule has 0 aliphatic carbocycles. The first-order chi connectivity index (χ1) is 12.7. The normalized spacial score (nSPS) is 15.0. The monoisotopic (exact) mass is 371 g/mol. The molecular weight excluding hydrogens is 342 g/mol. The van der Waals surface area contributed by atoms with Crippen molar-refractivity contribution in [3.05, 3.63) is 54.0 Å². The second-order valence-corrected chi connectivity index (χ2v) is 7.44. The number of hydrogen-bond donors (Lipinski definition) is 1. The van der Waals surface area contributed by atoms with Crippen molar-refractivity contribution in [2.45, 2.75) is 39.2 Å². The largest absolute Gasteiger partial charge is 0.467 e. The summed E-state index contributed by atoms with van der Waals surface area (Å²) >= 11 is 5.70. The van der Waals surface area contributed by atoms with Crippen molar-refractivity contribution < 1.29 is 4.42 Å². The van der Waals surface area contributed by atoms with Crippen LogP contribution in [-0.2, 0) is 6.54 Å². The summed E-state index contributed by atoms with van der Waals surface area (Å²) in [6.07, 6.45) is 6.88. The van der Waals surface area contributed by atoms with Crippen molar-refractivity contribution in [1.29, 1.82) is 0 Å². The molecule has 0 saturated carbocycles. The van der Waals surface area contributed by atoms with Gasteiger partial charge in [-0.3, -0.25) is 0 Å². The number of likely N-dealkylation sites (tertiary alicyclic amines) is 1. The van der Waals surface area contributed by atoms with Crippen LogP contribution in [0.15, 0.2) is 47.1 Å². The molecule has 2 heterocycles. The third-order valence-electron chi connectivity index (χ3n) is 4.83. The Bertz CT molecular complexity index is 680. The highest BCUT2D eigenvalue weighted by atomic mass is 32.1. The van der Waals surface area contributed by atoms with Gasteiger partial charge in [0, 0.05) is 12.2 Å². The van der Waals surface area contributed by atoms with E-state index in [2.05, 4.69) is 40.2 Å². The minimum Gasteiger partial charge on any atom is -0.467 e. The van der Waals surface area contributed by atoms with Crippen molar-refractivity contribution in [3.8, 4) is 0 Å². The SMILES string of the molecule is Cc1cccc(NC(=S)N(CCCN2CCCCC2)Cc2ccco2)c1. The number of hydrogen-bond acceptors (Lipinski definition) is 3. The van der Waals surface area contributed by atoms with Gasteiger partial charge in [0.15, 0.2) is 5.11 Å². The van der Waals surface area contributed by atoms with E-state index < -0.39 is 0 Å². The third kappa shape index (κ3) is 5.85. The maximum atomic E-state index is 5.70. The molecule has 0 unspecified atom stereocenters. The molecule has 0 bridgehead atoms. The Labute approximate surface area is 162 Å². The van der Waals surface area contributed by atoms with Gasteiger partial charge in [0.25, 0.3) is 0 Å². The molecule has 0 radical (unpaired) electrons. The van der Waals surface area contributed by atoms with Crippen LogP contribution in [0.3, 0.4) is 0 Å². The van der Waals surface area contributed by atoms with Crippen molar-refractivity contribution in [3.63, 3.8) is 0 Å². The van der Waals surface area contributed by atoms with Crippen molar-refractivity contribution in [1.82, 2.24) is 9.80 Å². The van der Waals surface area contributed by atoms with Crippen molar-refractivity contribution in [2.75, 3.05) is 31.5 Å². The fourth-order valence-electron chi connectivity index (χ4n) is 3.44. The summed E-state index contributed by atoms with van der Waals surface area (Å²) in [7, 11) is 0. The first-order valence-corrected chi connectivity index (χ1v) is 9.99. The Kier molecular flexibility index (Phi) is 7.09. The van der Waals surface area contributed by atoms with Crippen LogP contribution >= 0.6 is 12.2 Å². The van der Waals surface area contributed by atoms with Gasteiger partial charge in [-0.15, -0.1) is 0 Å². The van der Waals surface area contributed by atoms with Gasteiger partial charge >= 0.3 is 0 Å². The van der Waals surface area contributed by atoms with Gasteiger partial charge in [0.1, 0.15) is 5.76 Å². The summed E-state index contributed by atoms with van der Waals surface area (Å²) in [4.78, 5) is 4.78. The number of nitrogens with zero attached hydrogens (tertiary/aromatic N) is 2. The van der Waals surface area contributed by atoms with E-state index in [0.717, 1.165) is 36.1 Å². The van der Waals surface area contributed by atoms with Crippen LogP contribution in [0, 0.1) is 6.92 Å². The third-order valence-corrected chi connectivity index (χ3v) is 5.19. The first-order valence-electron chi connectivity index (χ1n) is 9.58. The standard InChI is InChI=1S/C21H29N3OS/c1-18-8-5-9-19(16-18)22-21(26)24(17-20-10-6-15-25-20)14-7-13-23-11-3-2-4-12-23/h5-6,8-10,15-16H,2-4,7,11-14,17H2,1H3,(H,22,26). The Hall–Kier alpha value is -1.85. The maximum Gasteiger partial charge on any atom is 0.173 e. The van der Waals surface area contributed by atoms with Gasteiger partial charge in [0.05, 0.1) is 12.8 Å². The summed E-state index contributed by atoms with van der Waals surface area (Å²) in [5, 5.41) is 4.14. The molecule has 1 N–H and O–H groups in total. The zero-order valence-corrected chi connectivity index (χ0v) is 16.4. The van der Waals surface area contributed by atoms with Crippen molar-refractivity contribution >= 4 is 23.0 Å². The minimum atomic E-state index is 0.699. The lowest BCUT2D eigenvalue weighted by atomic mass is 10.1. The number of rotatable bonds is 7. The molecule has 26 heavy (non-hydrogen) atoms. The number of piperidine rings is 1. The van der Waals surface area contributed by atoms with Crippen LogP contribution in [-0.4, -0.2) is 41.1 Å². The van der Waals surface area contributed by atoms with Crippen LogP contribution in [0.2, 0.25) is 0 Å². The van der Waals surface area contributed by atoms with Crippen LogP contribution in [0.1, 0.15) is 37.0 Å². The Balaban J connectivity index is 1.57. The second-order valence-electron chi connectivity index (χ2n) is 7.06. The molecule has 4 nitrogen and oxygen atoms in total. The highest BCUT2D eigenvalue weighted by Crippen LogP contribution is 2.14. The molecular formula is C21H29N3OS. The number of aryl methyl sites for hydroxylation is 1. The fourth-order valence-corrected chi connectivity index (χ4v) is 3.71. The summed E-state index contributed by atoms with van der Waals surface area (Å²) in [6, 6.07) is 12.2. The van der Waals surface area contributed by atoms with E-state index in [1.807, 2.05) is 18.2 Å². The zero-order valence-electron chi connectivity index (χ0n) is 15.6. The molecule has 1 aromatic heterocycles.